The molecule has 1 aliphatic rings. The van der Waals surface area contributed by atoms with Crippen LogP contribution in [-0.4, -0.2) is 30.5 Å². The first-order valence-electron chi connectivity index (χ1n) is 7.81. The Labute approximate surface area is 142 Å². The van der Waals surface area contributed by atoms with Gasteiger partial charge in [-0.3, -0.25) is 9.79 Å². The fourth-order valence-corrected chi connectivity index (χ4v) is 4.41. The van der Waals surface area contributed by atoms with Crippen LogP contribution in [0.25, 0.3) is 0 Å². The van der Waals surface area contributed by atoms with Crippen LogP contribution >= 0.6 is 0 Å². The number of nitrogens with two attached hydrogens (primary N) is 1. The van der Waals surface area contributed by atoms with Gasteiger partial charge in [-0.1, -0.05) is 13.0 Å². The molecule has 1 aliphatic heterocycles. The smallest absolute Gasteiger partial charge is 0.165 e. The van der Waals surface area contributed by atoms with Crippen LogP contribution in [0.15, 0.2) is 23.2 Å². The predicted molar refractivity (Wildman–Crippen MR) is 92.2 cm³/mol. The molecule has 0 amide bonds. The normalized spacial score (nSPS) is 25.1. The van der Waals surface area contributed by atoms with Gasteiger partial charge in [0.1, 0.15) is 27.7 Å². The molecule has 7 heteroatoms. The van der Waals surface area contributed by atoms with Gasteiger partial charge in [-0.15, -0.1) is 0 Å². The first kappa shape index (κ1) is 18.6. The van der Waals surface area contributed by atoms with Gasteiger partial charge in [0.05, 0.1) is 5.75 Å². The molecule has 1 aromatic rings. The maximum Gasteiger partial charge on any atom is 0.165 e. The van der Waals surface area contributed by atoms with Crippen LogP contribution in [0.3, 0.4) is 0 Å². The highest BCUT2D eigenvalue weighted by molar-refractivity contribution is 7.93. The number of sulfone groups is 1. The van der Waals surface area contributed by atoms with Gasteiger partial charge in [-0.05, 0) is 38.5 Å². The lowest BCUT2D eigenvalue weighted by molar-refractivity contribution is -0.118. The summed E-state index contributed by atoms with van der Waals surface area (Å²) in [4.78, 5) is 16.0. The first-order chi connectivity index (χ1) is 10.9. The molecule has 1 aromatic carbocycles. The van der Waals surface area contributed by atoms with Crippen LogP contribution in [0.5, 0.6) is 0 Å². The summed E-state index contributed by atoms with van der Waals surface area (Å²) in [6, 6.07) is 4.30. The standard InChI is InChI=1S/C17H23FN2O3S/c1-5-12(21)8-11-6-7-14(18)13(9-11)17(4)10-24(22,23)16(2,3)15(19)20-17/h6-7,9H,5,8,10H2,1-4H3,(H2,19,20)/t17-/m0/s1. The quantitative estimate of drug-likeness (QED) is 0.897. The number of nitrogens with zero attached hydrogens (tertiary/aromatic N) is 1. The molecule has 24 heavy (non-hydrogen) atoms. The maximum absolute atomic E-state index is 14.4. The van der Waals surface area contributed by atoms with Crippen molar-refractivity contribution < 1.29 is 17.6 Å². The highest BCUT2D eigenvalue weighted by atomic mass is 32.2. The molecule has 0 aliphatic carbocycles. The molecular formula is C17H23FN2O3S. The largest absolute Gasteiger partial charge is 0.386 e. The highest BCUT2D eigenvalue weighted by Crippen LogP contribution is 2.38. The van der Waals surface area contributed by atoms with Crippen molar-refractivity contribution in [3.05, 3.63) is 35.1 Å². The van der Waals surface area contributed by atoms with Crippen molar-refractivity contribution in [2.24, 2.45) is 10.7 Å². The van der Waals surface area contributed by atoms with Crippen molar-refractivity contribution >= 4 is 21.5 Å². The summed E-state index contributed by atoms with van der Waals surface area (Å²) >= 11 is 0. The molecule has 132 valence electrons. The average Bonchev–Trinajstić information content (AvgIpc) is 2.46. The second-order valence-electron chi connectivity index (χ2n) is 6.92. The van der Waals surface area contributed by atoms with Crippen molar-refractivity contribution in [1.82, 2.24) is 0 Å². The van der Waals surface area contributed by atoms with E-state index in [2.05, 4.69) is 4.99 Å². The molecule has 1 atom stereocenters. The van der Waals surface area contributed by atoms with Crippen molar-refractivity contribution in [2.45, 2.75) is 50.8 Å². The van der Waals surface area contributed by atoms with Crippen LogP contribution in [0.2, 0.25) is 0 Å². The molecule has 0 unspecified atom stereocenters. The third kappa shape index (κ3) is 3.09. The van der Waals surface area contributed by atoms with Gasteiger partial charge >= 0.3 is 0 Å². The van der Waals surface area contributed by atoms with E-state index >= 15 is 0 Å². The van der Waals surface area contributed by atoms with Gasteiger partial charge in [-0.2, -0.15) is 0 Å². The molecule has 1 heterocycles. The van der Waals surface area contributed by atoms with Crippen LogP contribution in [0.4, 0.5) is 4.39 Å². The molecule has 0 aromatic heterocycles. The Kier molecular flexibility index (Phi) is 4.61. The van der Waals surface area contributed by atoms with Crippen molar-refractivity contribution in [1.29, 1.82) is 0 Å². The molecule has 0 bridgehead atoms. The maximum atomic E-state index is 14.4. The number of carbonyl (C=O) groups is 1. The van der Waals surface area contributed by atoms with E-state index < -0.39 is 25.9 Å². The van der Waals surface area contributed by atoms with Gasteiger partial charge in [0.15, 0.2) is 9.84 Å². The van der Waals surface area contributed by atoms with Gasteiger partial charge < -0.3 is 5.73 Å². The summed E-state index contributed by atoms with van der Waals surface area (Å²) in [5, 5.41) is 0. The second kappa shape index (κ2) is 5.95. The van der Waals surface area contributed by atoms with E-state index in [-0.39, 0.29) is 29.4 Å². The van der Waals surface area contributed by atoms with E-state index in [4.69, 9.17) is 5.73 Å². The highest BCUT2D eigenvalue weighted by Gasteiger charge is 2.49. The average molecular weight is 354 g/mol. The minimum Gasteiger partial charge on any atom is -0.386 e. The number of ketones is 1. The Bertz CT molecular complexity index is 815. The fourth-order valence-electron chi connectivity index (χ4n) is 2.73. The summed E-state index contributed by atoms with van der Waals surface area (Å²) in [6.07, 6.45) is 0.564. The Morgan fingerprint density at radius 1 is 1.33 bits per heavy atom. The summed E-state index contributed by atoms with van der Waals surface area (Å²) in [5.74, 6) is -0.907. The minimum atomic E-state index is -3.61. The summed E-state index contributed by atoms with van der Waals surface area (Å²) < 4.78 is 38.3. The second-order valence-corrected chi connectivity index (χ2v) is 9.46. The molecule has 2 rings (SSSR count). The number of halogens is 1. The molecule has 0 saturated carbocycles. The van der Waals surface area contributed by atoms with Gasteiger partial charge in [-0.25, -0.2) is 12.8 Å². The zero-order valence-corrected chi connectivity index (χ0v) is 15.2. The summed E-state index contributed by atoms with van der Waals surface area (Å²) in [5.41, 5.74) is 5.35. The van der Waals surface area contributed by atoms with Gasteiger partial charge in [0.25, 0.3) is 0 Å². The molecular weight excluding hydrogens is 331 g/mol. The number of hydrogen-bond acceptors (Lipinski definition) is 5. The van der Waals surface area contributed by atoms with Crippen LogP contribution in [0, 0.1) is 5.82 Å². The number of amidine groups is 1. The van der Waals surface area contributed by atoms with Crippen LogP contribution < -0.4 is 5.73 Å². The number of rotatable bonds is 4. The number of benzene rings is 1. The first-order valence-corrected chi connectivity index (χ1v) is 9.47. The summed E-state index contributed by atoms with van der Waals surface area (Å²) in [7, 11) is -3.61. The van der Waals surface area contributed by atoms with Crippen LogP contribution in [0.1, 0.15) is 45.2 Å². The van der Waals surface area contributed by atoms with Crippen molar-refractivity contribution in [3.8, 4) is 0 Å². The van der Waals surface area contributed by atoms with Crippen LogP contribution in [-0.2, 0) is 26.6 Å². The van der Waals surface area contributed by atoms with E-state index in [1.54, 1.807) is 13.8 Å². The molecule has 2 N–H and O–H groups in total. The number of aliphatic imine (C=N–C) groups is 1. The Balaban J connectivity index is 2.57. The fraction of sp³-hybridized carbons (Fsp3) is 0.529. The van der Waals surface area contributed by atoms with E-state index in [0.717, 1.165) is 0 Å². The molecule has 5 nitrogen and oxygen atoms in total. The van der Waals surface area contributed by atoms with E-state index in [1.165, 1.54) is 32.0 Å². The minimum absolute atomic E-state index is 0.0260. The van der Waals surface area contributed by atoms with Gasteiger partial charge in [0, 0.05) is 18.4 Å². The number of hydrogen-bond donors (Lipinski definition) is 1. The lowest BCUT2D eigenvalue weighted by Crippen LogP contribution is -2.55. The third-order valence-corrected chi connectivity index (χ3v) is 7.35. The molecule has 0 spiro atoms. The lowest BCUT2D eigenvalue weighted by atomic mass is 9.90. The predicted octanol–water partition coefficient (Wildman–Crippen LogP) is 2.13. The zero-order valence-electron chi connectivity index (χ0n) is 14.4. The lowest BCUT2D eigenvalue weighted by Gasteiger charge is -2.38. The molecule has 0 fully saturated rings. The Hall–Kier alpha value is -1.76. The van der Waals surface area contributed by atoms with E-state index in [0.29, 0.717) is 12.0 Å². The summed E-state index contributed by atoms with van der Waals surface area (Å²) in [6.45, 7) is 6.30. The SMILES string of the molecule is CCC(=O)Cc1ccc(F)c([C@]2(C)CS(=O)(=O)C(C)(C)C(N)=N2)c1. The number of carbonyl (C=O) groups excluding carboxylic acids is 1. The monoisotopic (exact) mass is 354 g/mol. The molecule has 0 saturated heterocycles. The third-order valence-electron chi connectivity index (χ3n) is 4.64. The van der Waals surface area contributed by atoms with E-state index in [1.807, 2.05) is 0 Å². The van der Waals surface area contributed by atoms with Crippen molar-refractivity contribution in [2.75, 3.05) is 5.75 Å². The molecule has 0 radical (unpaired) electrons. The zero-order chi connectivity index (χ0) is 18.3. The Morgan fingerprint density at radius 2 is 1.96 bits per heavy atom. The van der Waals surface area contributed by atoms with Crippen molar-refractivity contribution in [3.63, 3.8) is 0 Å². The topological polar surface area (TPSA) is 89.6 Å². The van der Waals surface area contributed by atoms with E-state index in [9.17, 15) is 17.6 Å². The number of Topliss-reactive ketones (excluding diaryl/α,β-unsaturated/α-hetero) is 1. The Morgan fingerprint density at radius 3 is 2.50 bits per heavy atom. The van der Waals surface area contributed by atoms with Gasteiger partial charge in [0.2, 0.25) is 0 Å².